The van der Waals surface area contributed by atoms with E-state index in [2.05, 4.69) is 34.5 Å². The lowest BCUT2D eigenvalue weighted by Gasteiger charge is -2.22. The molecule has 0 aliphatic heterocycles. The molecule has 1 N–H and O–H groups in total. The molecule has 130 valence electrons. The van der Waals surface area contributed by atoms with Gasteiger partial charge >= 0.3 is 0 Å². The quantitative estimate of drug-likeness (QED) is 0.728. The van der Waals surface area contributed by atoms with Crippen LogP contribution >= 0.6 is 15.9 Å². The van der Waals surface area contributed by atoms with Gasteiger partial charge in [0.05, 0.1) is 7.11 Å². The van der Waals surface area contributed by atoms with Crippen LogP contribution in [0, 0.1) is 5.92 Å². The second-order valence-corrected chi connectivity index (χ2v) is 8.61. The van der Waals surface area contributed by atoms with Crippen LogP contribution in [0.4, 0.5) is 0 Å². The summed E-state index contributed by atoms with van der Waals surface area (Å²) in [5.74, 6) is 0.671. The number of sulfonamides is 1. The van der Waals surface area contributed by atoms with Gasteiger partial charge in [-0.2, -0.15) is 0 Å². The summed E-state index contributed by atoms with van der Waals surface area (Å²) in [6.07, 6.45) is 0.708. The van der Waals surface area contributed by atoms with Crippen LogP contribution in [-0.2, 0) is 10.0 Å². The molecule has 4 nitrogen and oxygen atoms in total. The maximum Gasteiger partial charge on any atom is 0.244 e. The van der Waals surface area contributed by atoms with E-state index in [1.165, 1.54) is 7.11 Å². The molecule has 0 radical (unpaired) electrons. The fourth-order valence-electron chi connectivity index (χ4n) is 2.52. The number of nitrogens with one attached hydrogen (secondary N) is 1. The van der Waals surface area contributed by atoms with Gasteiger partial charge in [0.1, 0.15) is 10.6 Å². The number of benzene rings is 2. The number of methoxy groups -OCH3 is 1. The van der Waals surface area contributed by atoms with Crippen LogP contribution in [0.2, 0.25) is 0 Å². The summed E-state index contributed by atoms with van der Waals surface area (Å²) in [5.41, 5.74) is 0.948. The average Bonchev–Trinajstić information content (AvgIpc) is 2.54. The molecule has 0 saturated carbocycles. The van der Waals surface area contributed by atoms with Crippen molar-refractivity contribution in [3.05, 3.63) is 58.6 Å². The van der Waals surface area contributed by atoms with Crippen molar-refractivity contribution < 1.29 is 13.2 Å². The number of ether oxygens (including phenoxy) is 1. The maximum atomic E-state index is 12.9. The number of hydrogen-bond acceptors (Lipinski definition) is 3. The predicted octanol–water partition coefficient (Wildman–Crippen LogP) is 4.52. The third kappa shape index (κ3) is 4.82. The molecule has 0 unspecified atom stereocenters. The second kappa shape index (κ2) is 8.14. The highest BCUT2D eigenvalue weighted by atomic mass is 79.9. The summed E-state index contributed by atoms with van der Waals surface area (Å²) < 4.78 is 34.6. The normalized spacial score (nSPS) is 13.0. The molecule has 0 bridgehead atoms. The van der Waals surface area contributed by atoms with Crippen molar-refractivity contribution in [2.75, 3.05) is 7.11 Å². The topological polar surface area (TPSA) is 55.4 Å². The monoisotopic (exact) mass is 411 g/mol. The molecule has 0 aliphatic carbocycles. The summed E-state index contributed by atoms with van der Waals surface area (Å²) in [7, 11) is -2.26. The first-order chi connectivity index (χ1) is 11.3. The molecule has 0 amide bonds. The Morgan fingerprint density at radius 3 is 2.38 bits per heavy atom. The first-order valence-electron chi connectivity index (χ1n) is 7.74. The summed E-state index contributed by atoms with van der Waals surface area (Å²) in [5, 5.41) is 0. The third-order valence-corrected chi connectivity index (χ3v) is 5.61. The van der Waals surface area contributed by atoms with Gasteiger partial charge in [-0.3, -0.25) is 0 Å². The van der Waals surface area contributed by atoms with Crippen LogP contribution in [-0.4, -0.2) is 15.5 Å². The van der Waals surface area contributed by atoms with Gasteiger partial charge in [0.25, 0.3) is 0 Å². The highest BCUT2D eigenvalue weighted by Crippen LogP contribution is 2.30. The van der Waals surface area contributed by atoms with Crippen molar-refractivity contribution in [2.45, 2.75) is 31.2 Å². The first-order valence-corrected chi connectivity index (χ1v) is 10.0. The zero-order valence-electron chi connectivity index (χ0n) is 14.0. The van der Waals surface area contributed by atoms with Crippen molar-refractivity contribution in [1.82, 2.24) is 4.72 Å². The highest BCUT2D eigenvalue weighted by molar-refractivity contribution is 9.10. The maximum absolute atomic E-state index is 12.9. The van der Waals surface area contributed by atoms with Crippen molar-refractivity contribution >= 4 is 26.0 Å². The predicted molar refractivity (Wildman–Crippen MR) is 99.7 cm³/mol. The Balaban J connectivity index is 2.39. The number of rotatable bonds is 7. The van der Waals surface area contributed by atoms with Gasteiger partial charge in [-0.05, 0) is 36.1 Å². The Bertz CT molecular complexity index is 776. The Hall–Kier alpha value is -1.37. The smallest absolute Gasteiger partial charge is 0.244 e. The number of halogens is 1. The van der Waals surface area contributed by atoms with Gasteiger partial charge in [0.15, 0.2) is 0 Å². The first kappa shape index (κ1) is 19.0. The van der Waals surface area contributed by atoms with E-state index in [9.17, 15) is 8.42 Å². The van der Waals surface area contributed by atoms with Gasteiger partial charge < -0.3 is 4.74 Å². The van der Waals surface area contributed by atoms with Crippen molar-refractivity contribution in [3.63, 3.8) is 0 Å². The molecule has 2 rings (SSSR count). The Labute approximate surface area is 152 Å². The second-order valence-electron chi connectivity index (χ2n) is 6.01. The molecule has 2 aromatic rings. The summed E-state index contributed by atoms with van der Waals surface area (Å²) >= 11 is 3.32. The third-order valence-electron chi connectivity index (χ3n) is 3.62. The van der Waals surface area contributed by atoms with Crippen LogP contribution in [0.25, 0.3) is 0 Å². The standard InChI is InChI=1S/C18H22BrNO3S/c1-13(2)11-16(14-7-5-4-6-8-14)20-24(21,22)18-12-15(19)9-10-17(18)23-3/h4-10,12-13,16,20H,11H2,1-3H3/t16-/m0/s1. The van der Waals surface area contributed by atoms with E-state index in [-0.39, 0.29) is 10.9 Å². The van der Waals surface area contributed by atoms with Crippen molar-refractivity contribution in [1.29, 1.82) is 0 Å². The minimum atomic E-state index is -3.72. The lowest BCUT2D eigenvalue weighted by Crippen LogP contribution is -2.30. The molecule has 24 heavy (non-hydrogen) atoms. The van der Waals surface area contributed by atoms with Gasteiger partial charge in [0, 0.05) is 10.5 Å². The van der Waals surface area contributed by atoms with E-state index in [1.807, 2.05) is 30.3 Å². The molecule has 0 aliphatic rings. The van der Waals surface area contributed by atoms with Crippen LogP contribution in [0.1, 0.15) is 31.9 Å². The molecule has 0 heterocycles. The van der Waals surface area contributed by atoms with Gasteiger partial charge in [0.2, 0.25) is 10.0 Å². The molecule has 0 aromatic heterocycles. The number of hydrogen-bond donors (Lipinski definition) is 1. The van der Waals surface area contributed by atoms with Gasteiger partial charge in [-0.1, -0.05) is 60.1 Å². The molecule has 0 spiro atoms. The van der Waals surface area contributed by atoms with E-state index >= 15 is 0 Å². The Morgan fingerprint density at radius 2 is 1.79 bits per heavy atom. The summed E-state index contributed by atoms with van der Waals surface area (Å²) in [6, 6.07) is 14.3. The molecular formula is C18H22BrNO3S. The van der Waals surface area contributed by atoms with Crippen LogP contribution in [0.5, 0.6) is 5.75 Å². The van der Waals surface area contributed by atoms with Crippen molar-refractivity contribution in [3.8, 4) is 5.75 Å². The summed E-state index contributed by atoms with van der Waals surface area (Å²) in [4.78, 5) is 0.129. The molecule has 6 heteroatoms. The molecule has 0 fully saturated rings. The van der Waals surface area contributed by atoms with Crippen LogP contribution in [0.15, 0.2) is 57.9 Å². The summed E-state index contributed by atoms with van der Waals surface area (Å²) in [6.45, 7) is 4.15. The lowest BCUT2D eigenvalue weighted by atomic mass is 9.98. The molecule has 1 atom stereocenters. The Morgan fingerprint density at radius 1 is 1.12 bits per heavy atom. The van der Waals surface area contributed by atoms with E-state index < -0.39 is 10.0 Å². The zero-order chi connectivity index (χ0) is 17.7. The highest BCUT2D eigenvalue weighted by Gasteiger charge is 2.25. The molecular weight excluding hydrogens is 390 g/mol. The Kier molecular flexibility index (Phi) is 6.43. The van der Waals surface area contributed by atoms with E-state index in [1.54, 1.807) is 18.2 Å². The average molecular weight is 412 g/mol. The molecule has 2 aromatic carbocycles. The fourth-order valence-corrected chi connectivity index (χ4v) is 4.47. The minimum absolute atomic E-state index is 0.129. The SMILES string of the molecule is COc1ccc(Br)cc1S(=O)(=O)N[C@@H](CC(C)C)c1ccccc1. The lowest BCUT2D eigenvalue weighted by molar-refractivity contribution is 0.401. The van der Waals surface area contributed by atoms with Crippen LogP contribution < -0.4 is 9.46 Å². The molecule has 0 saturated heterocycles. The zero-order valence-corrected chi connectivity index (χ0v) is 16.4. The largest absolute Gasteiger partial charge is 0.495 e. The van der Waals surface area contributed by atoms with E-state index in [4.69, 9.17) is 4.74 Å². The van der Waals surface area contributed by atoms with Gasteiger partial charge in [-0.15, -0.1) is 0 Å². The van der Waals surface area contributed by atoms with Gasteiger partial charge in [-0.25, -0.2) is 13.1 Å². The van der Waals surface area contributed by atoms with E-state index in [0.717, 1.165) is 5.56 Å². The van der Waals surface area contributed by atoms with E-state index in [0.29, 0.717) is 22.6 Å². The minimum Gasteiger partial charge on any atom is -0.495 e. The van der Waals surface area contributed by atoms with Crippen LogP contribution in [0.3, 0.4) is 0 Å². The van der Waals surface area contributed by atoms with Crippen molar-refractivity contribution in [2.24, 2.45) is 5.92 Å². The fraction of sp³-hybridized carbons (Fsp3) is 0.333.